The van der Waals surface area contributed by atoms with E-state index in [1.807, 2.05) is 6.92 Å². The van der Waals surface area contributed by atoms with Crippen LogP contribution in [0, 0.1) is 5.92 Å². The highest BCUT2D eigenvalue weighted by Crippen LogP contribution is 2.39. The van der Waals surface area contributed by atoms with Gasteiger partial charge in [-0.25, -0.2) is 5.06 Å². The summed E-state index contributed by atoms with van der Waals surface area (Å²) in [6, 6.07) is 0. The molecule has 22 heavy (non-hydrogen) atoms. The Bertz CT molecular complexity index is 399. The third-order valence-corrected chi connectivity index (χ3v) is 9.09. The van der Waals surface area contributed by atoms with Crippen LogP contribution in [0.1, 0.15) is 48.0 Å². The van der Waals surface area contributed by atoms with Gasteiger partial charge >= 0.3 is 0 Å². The Hall–Kier alpha value is -0.653. The molecule has 0 bridgehead atoms. The van der Waals surface area contributed by atoms with Gasteiger partial charge in [0.25, 0.3) is 5.91 Å². The predicted octanol–water partition coefficient (Wildman–Crippen LogP) is 4.39. The summed E-state index contributed by atoms with van der Waals surface area (Å²) in [5.74, 6) is -0.336. The van der Waals surface area contributed by atoms with Gasteiger partial charge in [0.2, 0.25) is 0 Å². The molecule has 0 aromatic heterocycles. The van der Waals surface area contributed by atoms with Crippen molar-refractivity contribution in [1.82, 2.24) is 5.06 Å². The molecule has 0 aliphatic carbocycles. The highest BCUT2D eigenvalue weighted by atomic mass is 28.4. The van der Waals surface area contributed by atoms with E-state index in [-0.39, 0.29) is 23.0 Å². The first-order valence-corrected chi connectivity index (χ1v) is 11.0. The Kier molecular flexibility index (Phi) is 8.02. The van der Waals surface area contributed by atoms with E-state index in [4.69, 9.17) is 9.26 Å². The molecule has 0 aromatic rings. The highest BCUT2D eigenvalue weighted by Gasteiger charge is 2.42. The average molecular weight is 330 g/mol. The van der Waals surface area contributed by atoms with Gasteiger partial charge < -0.3 is 4.43 Å². The van der Waals surface area contributed by atoms with Crippen molar-refractivity contribution in [2.75, 3.05) is 14.2 Å². The summed E-state index contributed by atoms with van der Waals surface area (Å²) in [5.41, 5.74) is 1.12. The smallest absolute Gasteiger partial charge is 0.251 e. The predicted molar refractivity (Wildman–Crippen MR) is 95.1 cm³/mol. The second kappa shape index (κ2) is 8.27. The molecule has 0 rings (SSSR count). The Morgan fingerprint density at radius 2 is 1.82 bits per heavy atom. The summed E-state index contributed by atoms with van der Waals surface area (Å²) in [6.45, 7) is 17.1. The quantitative estimate of drug-likeness (QED) is 0.395. The second-order valence-electron chi connectivity index (χ2n) is 7.46. The number of amides is 1. The van der Waals surface area contributed by atoms with E-state index >= 15 is 0 Å². The van der Waals surface area contributed by atoms with Crippen molar-refractivity contribution in [3.63, 3.8) is 0 Å². The first-order valence-electron chi connectivity index (χ1n) is 8.05. The maximum atomic E-state index is 12.5. The highest BCUT2D eigenvalue weighted by molar-refractivity contribution is 6.74. The van der Waals surface area contributed by atoms with Crippen molar-refractivity contribution in [2.24, 2.45) is 5.92 Å². The van der Waals surface area contributed by atoms with E-state index < -0.39 is 8.32 Å². The molecule has 0 radical (unpaired) electrons. The fraction of sp³-hybridized carbons (Fsp3) is 0.824. The Labute approximate surface area is 137 Å². The first-order chi connectivity index (χ1) is 9.89. The van der Waals surface area contributed by atoms with E-state index in [0.29, 0.717) is 0 Å². The summed E-state index contributed by atoms with van der Waals surface area (Å²) >= 11 is 0. The van der Waals surface area contributed by atoms with Crippen molar-refractivity contribution in [3.05, 3.63) is 11.6 Å². The lowest BCUT2D eigenvalue weighted by molar-refractivity contribution is -0.175. The lowest BCUT2D eigenvalue weighted by Gasteiger charge is -2.41. The van der Waals surface area contributed by atoms with Crippen LogP contribution in [0.3, 0.4) is 0 Å². The summed E-state index contributed by atoms with van der Waals surface area (Å²) in [7, 11) is 1.18. The molecule has 0 fully saturated rings. The first kappa shape index (κ1) is 21.3. The monoisotopic (exact) mass is 329 g/mol. The molecule has 0 aliphatic heterocycles. The topological polar surface area (TPSA) is 38.8 Å². The zero-order valence-electron chi connectivity index (χ0n) is 16.1. The molecule has 0 heterocycles. The molecule has 0 N–H and O–H groups in total. The second-order valence-corrected chi connectivity index (χ2v) is 12.2. The molecule has 130 valence electrons. The van der Waals surface area contributed by atoms with Crippen molar-refractivity contribution >= 4 is 14.2 Å². The van der Waals surface area contributed by atoms with Crippen LogP contribution in [0.25, 0.3) is 0 Å². The SMILES string of the molecule is CC/C=C(\C)[C@@H](O[Si](C)(C)C(C)(C)C)[C@@H](C)C(=O)N(C)OC. The molecule has 2 atom stereocenters. The third-order valence-electron chi connectivity index (χ3n) is 4.63. The van der Waals surface area contributed by atoms with Crippen molar-refractivity contribution < 1.29 is 14.1 Å². The van der Waals surface area contributed by atoms with Crippen LogP contribution in [0.2, 0.25) is 18.1 Å². The number of hydrogen-bond acceptors (Lipinski definition) is 3. The lowest BCUT2D eigenvalue weighted by atomic mass is 9.97. The fourth-order valence-electron chi connectivity index (χ4n) is 2.03. The molecule has 0 spiro atoms. The van der Waals surface area contributed by atoms with Crippen molar-refractivity contribution in [1.29, 1.82) is 0 Å². The van der Waals surface area contributed by atoms with Gasteiger partial charge in [0.1, 0.15) is 0 Å². The fourth-order valence-corrected chi connectivity index (χ4v) is 3.41. The van der Waals surface area contributed by atoms with Gasteiger partial charge in [-0.05, 0) is 37.0 Å². The van der Waals surface area contributed by atoms with E-state index in [1.165, 1.54) is 12.2 Å². The van der Waals surface area contributed by atoms with Gasteiger partial charge in [-0.15, -0.1) is 0 Å². The Morgan fingerprint density at radius 1 is 1.32 bits per heavy atom. The van der Waals surface area contributed by atoms with Gasteiger partial charge in [0.05, 0.1) is 19.1 Å². The van der Waals surface area contributed by atoms with E-state index in [2.05, 4.69) is 53.8 Å². The molecule has 0 saturated heterocycles. The minimum Gasteiger partial charge on any atom is -0.409 e. The van der Waals surface area contributed by atoms with Crippen LogP contribution in [-0.4, -0.2) is 39.5 Å². The number of allylic oxidation sites excluding steroid dienone is 1. The minimum atomic E-state index is -1.97. The van der Waals surface area contributed by atoms with E-state index in [9.17, 15) is 4.79 Å². The van der Waals surface area contributed by atoms with Crippen LogP contribution in [0.5, 0.6) is 0 Å². The van der Waals surface area contributed by atoms with Crippen molar-refractivity contribution in [2.45, 2.75) is 72.2 Å². The molecule has 0 saturated carbocycles. The number of rotatable bonds is 7. The number of carbonyl (C=O) groups excluding carboxylic acids is 1. The number of hydroxylamine groups is 2. The molecule has 4 nitrogen and oxygen atoms in total. The molecule has 5 heteroatoms. The molecule has 1 amide bonds. The third kappa shape index (κ3) is 5.52. The molecular formula is C17H35NO3Si. The zero-order chi connectivity index (χ0) is 17.7. The van der Waals surface area contributed by atoms with Gasteiger partial charge in [-0.3, -0.25) is 9.63 Å². The standard InChI is InChI=1S/C17H35NO3Si/c1-11-12-13(2)15(14(3)16(19)18(7)20-8)21-22(9,10)17(4,5)6/h12,14-15H,11H2,1-10H3/b13-12+/t14-,15-/m1/s1. The Morgan fingerprint density at radius 3 is 2.18 bits per heavy atom. The Balaban J connectivity index is 5.49. The zero-order valence-corrected chi connectivity index (χ0v) is 17.1. The summed E-state index contributed by atoms with van der Waals surface area (Å²) < 4.78 is 6.56. The molecule has 0 aliphatic rings. The maximum Gasteiger partial charge on any atom is 0.251 e. The maximum absolute atomic E-state index is 12.5. The van der Waals surface area contributed by atoms with Crippen LogP contribution in [0.4, 0.5) is 0 Å². The van der Waals surface area contributed by atoms with Gasteiger partial charge in [0, 0.05) is 7.05 Å². The molecule has 0 aromatic carbocycles. The summed E-state index contributed by atoms with van der Waals surface area (Å²) in [4.78, 5) is 17.5. The van der Waals surface area contributed by atoms with Crippen molar-refractivity contribution in [3.8, 4) is 0 Å². The van der Waals surface area contributed by atoms with Crippen LogP contribution < -0.4 is 0 Å². The summed E-state index contributed by atoms with van der Waals surface area (Å²) in [6.07, 6.45) is 2.88. The number of hydrogen-bond donors (Lipinski definition) is 0. The van der Waals surface area contributed by atoms with Crippen LogP contribution >= 0.6 is 0 Å². The normalized spacial score (nSPS) is 16.4. The van der Waals surface area contributed by atoms with E-state index in [1.54, 1.807) is 7.05 Å². The molecule has 0 unspecified atom stereocenters. The van der Waals surface area contributed by atoms with Crippen LogP contribution in [0.15, 0.2) is 11.6 Å². The number of nitrogens with zero attached hydrogens (tertiary/aromatic N) is 1. The molecular weight excluding hydrogens is 294 g/mol. The van der Waals surface area contributed by atoms with Gasteiger partial charge in [-0.2, -0.15) is 0 Å². The van der Waals surface area contributed by atoms with Gasteiger partial charge in [-0.1, -0.05) is 40.7 Å². The summed E-state index contributed by atoms with van der Waals surface area (Å²) in [5, 5.41) is 1.39. The average Bonchev–Trinajstić information content (AvgIpc) is 2.41. The number of carbonyl (C=O) groups is 1. The van der Waals surface area contributed by atoms with E-state index in [0.717, 1.165) is 12.0 Å². The van der Waals surface area contributed by atoms with Gasteiger partial charge in [0.15, 0.2) is 8.32 Å². The van der Waals surface area contributed by atoms with Crippen LogP contribution in [-0.2, 0) is 14.1 Å². The lowest BCUT2D eigenvalue weighted by Crippen LogP contribution is -2.48. The largest absolute Gasteiger partial charge is 0.409 e. The minimum absolute atomic E-state index is 0.0601.